The van der Waals surface area contributed by atoms with E-state index in [0.717, 1.165) is 22.3 Å². The first-order chi connectivity index (χ1) is 11.8. The molecule has 1 N–H and O–H groups in total. The number of rotatable bonds is 7. The lowest BCUT2D eigenvalue weighted by Gasteiger charge is -2.18. The molecule has 0 aliphatic carbocycles. The highest BCUT2D eigenvalue weighted by Gasteiger charge is 2.17. The molecule has 2 rings (SSSR count). The monoisotopic (exact) mass is 360 g/mol. The number of benzene rings is 2. The van der Waals surface area contributed by atoms with Crippen LogP contribution in [0.2, 0.25) is 0 Å². The van der Waals surface area contributed by atoms with E-state index in [2.05, 4.69) is 4.72 Å². The van der Waals surface area contributed by atoms with E-state index in [4.69, 9.17) is 0 Å². The highest BCUT2D eigenvalue weighted by Crippen LogP contribution is 2.16. The molecule has 0 unspecified atom stereocenters. The van der Waals surface area contributed by atoms with Gasteiger partial charge >= 0.3 is 0 Å². The number of nitrogens with zero attached hydrogens (tertiary/aromatic N) is 1. The van der Waals surface area contributed by atoms with E-state index in [1.54, 1.807) is 7.05 Å². The maximum Gasteiger partial charge on any atom is 0.237 e. The van der Waals surface area contributed by atoms with Crippen LogP contribution >= 0.6 is 0 Å². The fourth-order valence-corrected chi connectivity index (χ4v) is 3.85. The molecule has 0 aliphatic heterocycles. The average Bonchev–Trinajstić information content (AvgIpc) is 2.57. The van der Waals surface area contributed by atoms with Crippen molar-refractivity contribution >= 4 is 15.9 Å². The third-order valence-electron chi connectivity index (χ3n) is 4.11. The van der Waals surface area contributed by atoms with Crippen molar-refractivity contribution in [2.75, 3.05) is 13.6 Å². The van der Waals surface area contributed by atoms with Gasteiger partial charge in [-0.15, -0.1) is 0 Å². The zero-order chi connectivity index (χ0) is 18.4. The van der Waals surface area contributed by atoms with Crippen LogP contribution in [0.15, 0.2) is 48.5 Å². The molecule has 0 saturated carbocycles. The van der Waals surface area contributed by atoms with Crippen molar-refractivity contribution in [3.8, 4) is 0 Å². The molecular formula is C19H24N2O3S. The number of carbonyl (C=O) groups excluding carboxylic acids is 1. The Morgan fingerprint density at radius 3 is 2.20 bits per heavy atom. The predicted molar refractivity (Wildman–Crippen MR) is 99.5 cm³/mol. The van der Waals surface area contributed by atoms with Crippen molar-refractivity contribution in [3.63, 3.8) is 0 Å². The van der Waals surface area contributed by atoms with Crippen LogP contribution in [0, 0.1) is 13.8 Å². The van der Waals surface area contributed by atoms with Crippen molar-refractivity contribution in [2.24, 2.45) is 0 Å². The highest BCUT2D eigenvalue weighted by atomic mass is 32.2. The number of hydrogen-bond acceptors (Lipinski definition) is 3. The van der Waals surface area contributed by atoms with E-state index >= 15 is 0 Å². The lowest BCUT2D eigenvalue weighted by atomic mass is 10.1. The van der Waals surface area contributed by atoms with Crippen molar-refractivity contribution in [1.82, 2.24) is 9.62 Å². The molecule has 0 bridgehead atoms. The van der Waals surface area contributed by atoms with Crippen LogP contribution in [0.4, 0.5) is 0 Å². The number of likely N-dealkylation sites (N-methyl/N-ethyl adjacent to an activating group) is 1. The quantitative estimate of drug-likeness (QED) is 0.824. The topological polar surface area (TPSA) is 66.5 Å². The van der Waals surface area contributed by atoms with Gasteiger partial charge in [-0.05, 0) is 36.1 Å². The van der Waals surface area contributed by atoms with Crippen LogP contribution < -0.4 is 4.72 Å². The van der Waals surface area contributed by atoms with Gasteiger partial charge in [0, 0.05) is 13.6 Å². The Morgan fingerprint density at radius 1 is 1.00 bits per heavy atom. The summed E-state index contributed by atoms with van der Waals surface area (Å²) in [5.74, 6) is -0.393. The zero-order valence-electron chi connectivity index (χ0n) is 14.8. The fourth-order valence-electron chi connectivity index (χ4n) is 2.57. The van der Waals surface area contributed by atoms with Crippen molar-refractivity contribution in [2.45, 2.75) is 26.1 Å². The van der Waals surface area contributed by atoms with Crippen molar-refractivity contribution in [1.29, 1.82) is 0 Å². The molecule has 6 heteroatoms. The zero-order valence-corrected chi connectivity index (χ0v) is 15.6. The number of carbonyl (C=O) groups is 1. The highest BCUT2D eigenvalue weighted by molar-refractivity contribution is 7.88. The summed E-state index contributed by atoms with van der Waals surface area (Å²) in [5, 5.41) is 0. The molecular weight excluding hydrogens is 336 g/mol. The first-order valence-electron chi connectivity index (χ1n) is 8.09. The van der Waals surface area contributed by atoms with Gasteiger partial charge in [-0.2, -0.15) is 0 Å². The van der Waals surface area contributed by atoms with E-state index in [9.17, 15) is 13.2 Å². The van der Waals surface area contributed by atoms with Gasteiger partial charge in [-0.3, -0.25) is 4.79 Å². The van der Waals surface area contributed by atoms with Crippen LogP contribution in [-0.2, 0) is 27.1 Å². The van der Waals surface area contributed by atoms with Gasteiger partial charge in [0.1, 0.15) is 0 Å². The van der Waals surface area contributed by atoms with Crippen LogP contribution in [-0.4, -0.2) is 32.8 Å². The molecule has 0 aliphatic rings. The molecule has 0 heterocycles. The largest absolute Gasteiger partial charge is 0.340 e. The number of amides is 1. The molecule has 0 spiro atoms. The summed E-state index contributed by atoms with van der Waals surface area (Å²) in [6.07, 6.45) is 0. The second-order valence-corrected chi connectivity index (χ2v) is 7.99. The average molecular weight is 360 g/mol. The van der Waals surface area contributed by atoms with Crippen LogP contribution in [0.1, 0.15) is 22.3 Å². The normalized spacial score (nSPS) is 11.3. The van der Waals surface area contributed by atoms with Gasteiger partial charge in [-0.25, -0.2) is 13.1 Å². The molecule has 0 saturated heterocycles. The Labute approximate surface area is 149 Å². The lowest BCUT2D eigenvalue weighted by molar-refractivity contribution is -0.129. The van der Waals surface area contributed by atoms with Gasteiger partial charge in [-0.1, -0.05) is 48.5 Å². The number of sulfonamides is 1. The molecule has 0 radical (unpaired) electrons. The minimum atomic E-state index is -3.58. The summed E-state index contributed by atoms with van der Waals surface area (Å²) in [4.78, 5) is 13.7. The van der Waals surface area contributed by atoms with E-state index < -0.39 is 10.0 Å². The fraction of sp³-hybridized carbons (Fsp3) is 0.316. The molecule has 25 heavy (non-hydrogen) atoms. The standard InChI is InChI=1S/C19H24N2O3S/c1-15-8-7-9-16(2)18(15)14-25(23,24)20-12-19(22)21(3)13-17-10-5-4-6-11-17/h4-11,20H,12-14H2,1-3H3. The third-order valence-corrected chi connectivity index (χ3v) is 5.36. The van der Waals surface area contributed by atoms with Crippen molar-refractivity contribution < 1.29 is 13.2 Å². The Bertz CT molecular complexity index is 813. The maximum absolute atomic E-state index is 12.3. The summed E-state index contributed by atoms with van der Waals surface area (Å²) in [5.41, 5.74) is 3.63. The van der Waals surface area contributed by atoms with Crippen LogP contribution in [0.25, 0.3) is 0 Å². The second-order valence-electron chi connectivity index (χ2n) is 6.19. The summed E-state index contributed by atoms with van der Waals surface area (Å²) < 4.78 is 27.0. The van der Waals surface area contributed by atoms with E-state index in [0.29, 0.717) is 6.54 Å². The van der Waals surface area contributed by atoms with E-state index in [-0.39, 0.29) is 18.2 Å². The Morgan fingerprint density at radius 2 is 1.60 bits per heavy atom. The molecule has 5 nitrogen and oxygen atoms in total. The van der Waals surface area contributed by atoms with Crippen LogP contribution in [0.3, 0.4) is 0 Å². The maximum atomic E-state index is 12.3. The first-order valence-corrected chi connectivity index (χ1v) is 9.74. The van der Waals surface area contributed by atoms with Gasteiger partial charge in [0.15, 0.2) is 0 Å². The summed E-state index contributed by atoms with van der Waals surface area (Å²) in [7, 11) is -1.92. The minimum absolute atomic E-state index is 0.124. The molecule has 0 atom stereocenters. The number of nitrogens with one attached hydrogen (secondary N) is 1. The number of aryl methyl sites for hydroxylation is 2. The Hall–Kier alpha value is -2.18. The molecule has 0 fully saturated rings. The predicted octanol–water partition coefficient (Wildman–Crippen LogP) is 2.38. The molecule has 2 aromatic rings. The Kier molecular flexibility index (Phi) is 6.33. The van der Waals surface area contributed by atoms with Gasteiger partial charge in [0.2, 0.25) is 15.9 Å². The summed E-state index contributed by atoms with van der Waals surface area (Å²) in [6.45, 7) is 3.97. The first kappa shape index (κ1) is 19.1. The van der Waals surface area contributed by atoms with Gasteiger partial charge in [0.05, 0.1) is 12.3 Å². The number of hydrogen-bond donors (Lipinski definition) is 1. The van der Waals surface area contributed by atoms with E-state index in [1.165, 1.54) is 4.90 Å². The van der Waals surface area contributed by atoms with Crippen molar-refractivity contribution in [3.05, 3.63) is 70.8 Å². The van der Waals surface area contributed by atoms with Gasteiger partial charge in [0.25, 0.3) is 0 Å². The summed E-state index contributed by atoms with van der Waals surface area (Å²) in [6, 6.07) is 15.2. The second kappa shape index (κ2) is 8.27. The lowest BCUT2D eigenvalue weighted by Crippen LogP contribution is -2.38. The summed E-state index contributed by atoms with van der Waals surface area (Å²) >= 11 is 0. The van der Waals surface area contributed by atoms with Gasteiger partial charge < -0.3 is 4.90 Å². The smallest absolute Gasteiger partial charge is 0.237 e. The molecule has 1 amide bonds. The Balaban J connectivity index is 1.93. The van der Waals surface area contributed by atoms with E-state index in [1.807, 2.05) is 62.4 Å². The SMILES string of the molecule is Cc1cccc(C)c1CS(=O)(=O)NCC(=O)N(C)Cc1ccccc1. The molecule has 134 valence electrons. The van der Waals surface area contributed by atoms with Crippen LogP contribution in [0.5, 0.6) is 0 Å². The molecule has 2 aromatic carbocycles. The third kappa shape index (κ3) is 5.69. The molecule has 0 aromatic heterocycles. The minimum Gasteiger partial charge on any atom is -0.340 e.